The van der Waals surface area contributed by atoms with Gasteiger partial charge in [0.2, 0.25) is 0 Å². The normalized spacial score (nSPS) is 15.8. The molecule has 3 rings (SSSR count). The SMILES string of the molecule is O=c1[nH]c(O)cc2c1=C(O)CC(=Cc1ccccc1)C=2. The van der Waals surface area contributed by atoms with Gasteiger partial charge >= 0.3 is 0 Å². The Balaban J connectivity index is 2.20. The van der Waals surface area contributed by atoms with Crippen LogP contribution in [-0.4, -0.2) is 15.2 Å². The van der Waals surface area contributed by atoms with Gasteiger partial charge in [0, 0.05) is 12.5 Å². The molecule has 0 saturated carbocycles. The number of nitrogens with one attached hydrogen (secondary N) is 1. The van der Waals surface area contributed by atoms with Gasteiger partial charge in [0.25, 0.3) is 5.56 Å². The van der Waals surface area contributed by atoms with E-state index in [9.17, 15) is 15.0 Å². The van der Waals surface area contributed by atoms with E-state index >= 15 is 0 Å². The number of rotatable bonds is 1. The van der Waals surface area contributed by atoms with Crippen LogP contribution in [0.3, 0.4) is 0 Å². The van der Waals surface area contributed by atoms with E-state index in [1.807, 2.05) is 36.4 Å². The second-order valence-electron chi connectivity index (χ2n) is 4.71. The van der Waals surface area contributed by atoms with Crippen LogP contribution in [0.4, 0.5) is 0 Å². The first kappa shape index (κ1) is 12.3. The summed E-state index contributed by atoms with van der Waals surface area (Å²) < 4.78 is 0. The van der Waals surface area contributed by atoms with E-state index in [1.165, 1.54) is 6.07 Å². The molecule has 0 aliphatic heterocycles. The molecule has 1 aliphatic carbocycles. The Bertz CT molecular complexity index is 861. The van der Waals surface area contributed by atoms with E-state index in [4.69, 9.17) is 0 Å². The first-order valence-electron chi connectivity index (χ1n) is 6.25. The standard InChI is InChI=1S/C16H13NO3/c18-13-8-11(6-10-4-2-1-3-5-10)7-12-9-14(19)17-16(20)15(12)13/h1-7,9,18-19H,8H2,(H,17,20). The number of aliphatic hydroxyl groups excluding tert-OH is 1. The summed E-state index contributed by atoms with van der Waals surface area (Å²) in [5, 5.41) is 20.2. The molecule has 1 aromatic carbocycles. The van der Waals surface area contributed by atoms with Crippen LogP contribution in [0.15, 0.2) is 46.8 Å². The fraction of sp³-hybridized carbons (Fsp3) is 0.0625. The number of benzene rings is 1. The minimum Gasteiger partial charge on any atom is -0.511 e. The Morgan fingerprint density at radius 2 is 1.90 bits per heavy atom. The average Bonchev–Trinajstić information content (AvgIpc) is 2.38. The van der Waals surface area contributed by atoms with Crippen LogP contribution < -0.4 is 16.0 Å². The molecule has 0 atom stereocenters. The summed E-state index contributed by atoms with van der Waals surface area (Å²) in [6, 6.07) is 11.2. The molecule has 0 spiro atoms. The maximum Gasteiger partial charge on any atom is 0.261 e. The summed E-state index contributed by atoms with van der Waals surface area (Å²) in [5.74, 6) is -0.190. The third-order valence-electron chi connectivity index (χ3n) is 3.20. The summed E-state index contributed by atoms with van der Waals surface area (Å²) in [6.45, 7) is 0. The Labute approximate surface area is 114 Å². The Kier molecular flexibility index (Phi) is 2.91. The van der Waals surface area contributed by atoms with Crippen molar-refractivity contribution in [3.8, 4) is 5.88 Å². The Hall–Kier alpha value is -2.75. The van der Waals surface area contributed by atoms with Crippen molar-refractivity contribution in [2.45, 2.75) is 6.42 Å². The zero-order valence-electron chi connectivity index (χ0n) is 10.6. The van der Waals surface area contributed by atoms with Crippen LogP contribution in [0.1, 0.15) is 12.0 Å². The average molecular weight is 267 g/mol. The number of aromatic nitrogens is 1. The lowest BCUT2D eigenvalue weighted by atomic mass is 10.00. The summed E-state index contributed by atoms with van der Waals surface area (Å²) in [7, 11) is 0. The van der Waals surface area contributed by atoms with Crippen molar-refractivity contribution < 1.29 is 10.2 Å². The van der Waals surface area contributed by atoms with Crippen LogP contribution in [0.5, 0.6) is 5.88 Å². The van der Waals surface area contributed by atoms with E-state index in [0.717, 1.165) is 11.1 Å². The molecular weight excluding hydrogens is 254 g/mol. The van der Waals surface area contributed by atoms with Gasteiger partial charge in [-0.05, 0) is 16.4 Å². The van der Waals surface area contributed by atoms with Crippen molar-refractivity contribution in [3.63, 3.8) is 0 Å². The molecule has 0 unspecified atom stereocenters. The molecule has 0 amide bonds. The molecule has 0 radical (unpaired) electrons. The second kappa shape index (κ2) is 4.74. The van der Waals surface area contributed by atoms with Crippen LogP contribution in [0, 0.1) is 0 Å². The molecule has 1 aliphatic rings. The first-order valence-corrected chi connectivity index (χ1v) is 6.25. The number of aromatic hydroxyl groups is 1. The molecule has 0 saturated heterocycles. The molecule has 1 heterocycles. The second-order valence-corrected chi connectivity index (χ2v) is 4.71. The quantitative estimate of drug-likeness (QED) is 0.722. The number of pyridine rings is 1. The lowest BCUT2D eigenvalue weighted by molar-refractivity contribution is 0.449. The molecular formula is C16H13NO3. The van der Waals surface area contributed by atoms with Crippen LogP contribution >= 0.6 is 0 Å². The van der Waals surface area contributed by atoms with E-state index in [0.29, 0.717) is 11.6 Å². The van der Waals surface area contributed by atoms with Crippen LogP contribution in [-0.2, 0) is 0 Å². The highest BCUT2D eigenvalue weighted by atomic mass is 16.3. The number of hydrogen-bond acceptors (Lipinski definition) is 3. The van der Waals surface area contributed by atoms with E-state index in [1.54, 1.807) is 6.08 Å². The zero-order valence-corrected chi connectivity index (χ0v) is 10.6. The fourth-order valence-corrected chi connectivity index (χ4v) is 2.37. The molecule has 3 N–H and O–H groups in total. The van der Waals surface area contributed by atoms with Gasteiger partial charge in [-0.1, -0.05) is 42.5 Å². The third-order valence-corrected chi connectivity index (χ3v) is 3.20. The van der Waals surface area contributed by atoms with Crippen LogP contribution in [0.25, 0.3) is 17.9 Å². The highest BCUT2D eigenvalue weighted by molar-refractivity contribution is 5.70. The molecule has 1 aromatic heterocycles. The van der Waals surface area contributed by atoms with E-state index < -0.39 is 5.56 Å². The van der Waals surface area contributed by atoms with Gasteiger partial charge in [-0.3, -0.25) is 9.78 Å². The molecule has 0 fully saturated rings. The minimum atomic E-state index is -0.479. The molecule has 20 heavy (non-hydrogen) atoms. The monoisotopic (exact) mass is 267 g/mol. The van der Waals surface area contributed by atoms with Crippen molar-refractivity contribution in [1.82, 2.24) is 4.98 Å². The van der Waals surface area contributed by atoms with Gasteiger partial charge in [-0.2, -0.15) is 0 Å². The smallest absolute Gasteiger partial charge is 0.261 e. The van der Waals surface area contributed by atoms with Crippen molar-refractivity contribution in [3.05, 3.63) is 68.3 Å². The Morgan fingerprint density at radius 3 is 2.65 bits per heavy atom. The zero-order chi connectivity index (χ0) is 14.1. The van der Waals surface area contributed by atoms with Gasteiger partial charge < -0.3 is 10.2 Å². The highest BCUT2D eigenvalue weighted by Gasteiger charge is 2.10. The summed E-state index contributed by atoms with van der Waals surface area (Å²) in [5.41, 5.74) is 1.42. The third kappa shape index (κ3) is 2.23. The van der Waals surface area contributed by atoms with Crippen molar-refractivity contribution in [2.75, 3.05) is 0 Å². The van der Waals surface area contributed by atoms with Gasteiger partial charge in [0.1, 0.15) is 5.76 Å². The number of hydrogen-bond donors (Lipinski definition) is 3. The first-order chi connectivity index (χ1) is 9.63. The summed E-state index contributed by atoms with van der Waals surface area (Å²) >= 11 is 0. The summed E-state index contributed by atoms with van der Waals surface area (Å²) in [4.78, 5) is 14.0. The molecule has 2 aromatic rings. The predicted molar refractivity (Wildman–Crippen MR) is 77.5 cm³/mol. The van der Waals surface area contributed by atoms with Gasteiger partial charge in [0.15, 0.2) is 5.88 Å². The van der Waals surface area contributed by atoms with Crippen molar-refractivity contribution in [1.29, 1.82) is 0 Å². The largest absolute Gasteiger partial charge is 0.511 e. The Morgan fingerprint density at radius 1 is 1.15 bits per heavy atom. The fourth-order valence-electron chi connectivity index (χ4n) is 2.37. The number of H-pyrrole nitrogens is 1. The van der Waals surface area contributed by atoms with Crippen molar-refractivity contribution in [2.24, 2.45) is 0 Å². The van der Waals surface area contributed by atoms with Gasteiger partial charge in [0.05, 0.1) is 5.22 Å². The lowest BCUT2D eigenvalue weighted by Crippen LogP contribution is -2.43. The number of aromatic amines is 1. The summed E-state index contributed by atoms with van der Waals surface area (Å²) in [6.07, 6.45) is 4.05. The van der Waals surface area contributed by atoms with E-state index in [2.05, 4.69) is 4.98 Å². The molecule has 100 valence electrons. The predicted octanol–water partition coefficient (Wildman–Crippen LogP) is 1.01. The highest BCUT2D eigenvalue weighted by Crippen LogP contribution is 2.16. The molecule has 4 nitrogen and oxygen atoms in total. The molecule has 4 heteroatoms. The van der Waals surface area contributed by atoms with Gasteiger partial charge in [-0.25, -0.2) is 0 Å². The van der Waals surface area contributed by atoms with Crippen LogP contribution in [0.2, 0.25) is 0 Å². The molecule has 0 bridgehead atoms. The minimum absolute atomic E-state index is 0.0194. The number of aliphatic hydroxyl groups is 1. The topological polar surface area (TPSA) is 73.3 Å². The number of fused-ring (bicyclic) bond motifs is 1. The maximum absolute atomic E-state index is 11.7. The van der Waals surface area contributed by atoms with Crippen molar-refractivity contribution >= 4 is 17.9 Å². The maximum atomic E-state index is 11.7. The lowest BCUT2D eigenvalue weighted by Gasteiger charge is -2.08. The van der Waals surface area contributed by atoms with Gasteiger partial charge in [-0.15, -0.1) is 0 Å². The van der Waals surface area contributed by atoms with E-state index in [-0.39, 0.29) is 16.9 Å².